The summed E-state index contributed by atoms with van der Waals surface area (Å²) in [7, 11) is 0. The summed E-state index contributed by atoms with van der Waals surface area (Å²) in [6, 6.07) is 10.4. The van der Waals surface area contributed by atoms with Crippen LogP contribution in [0.4, 0.5) is 26.3 Å². The van der Waals surface area contributed by atoms with E-state index in [1.807, 2.05) is 17.0 Å². The van der Waals surface area contributed by atoms with Crippen LogP contribution in [-0.4, -0.2) is 42.7 Å². The molecule has 0 saturated heterocycles. The van der Waals surface area contributed by atoms with Crippen molar-refractivity contribution < 1.29 is 45.4 Å². The van der Waals surface area contributed by atoms with Gasteiger partial charge in [0, 0.05) is 25.1 Å². The summed E-state index contributed by atoms with van der Waals surface area (Å²) in [6.45, 7) is 1.79. The van der Waals surface area contributed by atoms with Crippen molar-refractivity contribution in [3.8, 4) is 5.75 Å². The molecule has 194 valence electrons. The molecule has 2 aromatic rings. The molecule has 0 unspecified atom stereocenters. The number of benzene rings is 2. The Hall–Kier alpha value is -3.34. The van der Waals surface area contributed by atoms with E-state index in [2.05, 4.69) is 4.74 Å². The van der Waals surface area contributed by atoms with E-state index in [-0.39, 0.29) is 19.4 Å². The van der Waals surface area contributed by atoms with Gasteiger partial charge in [-0.2, -0.15) is 26.3 Å². The maximum Gasteiger partial charge on any atom is 0.491 e. The number of fused-ring (bicyclic) bond motifs is 1. The molecule has 0 spiro atoms. The van der Waals surface area contributed by atoms with Gasteiger partial charge in [0.25, 0.3) is 0 Å². The Bertz CT molecular complexity index is 1090. The Labute approximate surface area is 203 Å². The lowest BCUT2D eigenvalue weighted by Crippen LogP contribution is -2.32. The molecule has 0 atom stereocenters. The molecule has 11 heteroatoms. The summed E-state index contributed by atoms with van der Waals surface area (Å²) in [6.07, 6.45) is -5.64. The van der Waals surface area contributed by atoms with Gasteiger partial charge in [-0.3, -0.25) is 9.69 Å². The van der Waals surface area contributed by atoms with E-state index in [0.29, 0.717) is 37.4 Å². The minimum Gasteiger partial charge on any atom is -0.489 e. The summed E-state index contributed by atoms with van der Waals surface area (Å²) in [4.78, 5) is 24.2. The number of nitrogens with zero attached hydrogens (tertiary/aromatic N) is 1. The Morgan fingerprint density at radius 1 is 1.00 bits per heavy atom. The van der Waals surface area contributed by atoms with E-state index in [1.165, 1.54) is 12.1 Å². The Morgan fingerprint density at radius 2 is 1.72 bits per heavy atom. The third kappa shape index (κ3) is 7.84. The lowest BCUT2D eigenvalue weighted by Gasteiger charge is -2.29. The molecule has 3 rings (SSSR count). The molecule has 5 nitrogen and oxygen atoms in total. The number of carbonyl (C=O) groups is 2. The predicted octanol–water partition coefficient (Wildman–Crippen LogP) is 5.57. The maximum atomic E-state index is 12.7. The molecule has 1 heterocycles. The standard InChI is InChI=1S/C25H23F6NO4/c26-24(27,28)19-10-8-17(9-11-19)4-3-15-35-21-6-1-5-18-12-14-32(16-20(18)21)13-2-7-22(33)36-23(34)25(29,30)31/h1,3-6,8-11H,2,7,12-16H2/b4-3+. The lowest BCUT2D eigenvalue weighted by atomic mass is 9.98. The maximum absolute atomic E-state index is 12.7. The van der Waals surface area contributed by atoms with Crippen molar-refractivity contribution in [2.24, 2.45) is 0 Å². The van der Waals surface area contributed by atoms with Crippen molar-refractivity contribution >= 4 is 18.0 Å². The molecule has 0 aromatic heterocycles. The van der Waals surface area contributed by atoms with Crippen molar-refractivity contribution in [2.75, 3.05) is 19.7 Å². The van der Waals surface area contributed by atoms with Gasteiger partial charge in [0.05, 0.1) is 5.56 Å². The third-order valence-corrected chi connectivity index (χ3v) is 5.49. The summed E-state index contributed by atoms with van der Waals surface area (Å²) in [5.74, 6) is -3.10. The average molecular weight is 515 g/mol. The number of alkyl halides is 6. The Kier molecular flexibility index (Phi) is 8.78. The van der Waals surface area contributed by atoms with Crippen LogP contribution < -0.4 is 4.74 Å². The van der Waals surface area contributed by atoms with Crippen LogP contribution in [0.3, 0.4) is 0 Å². The van der Waals surface area contributed by atoms with Gasteiger partial charge in [-0.15, -0.1) is 0 Å². The van der Waals surface area contributed by atoms with E-state index < -0.39 is 29.9 Å². The zero-order valence-corrected chi connectivity index (χ0v) is 19.0. The molecule has 0 N–H and O–H groups in total. The molecule has 1 aliphatic rings. The van der Waals surface area contributed by atoms with Crippen LogP contribution in [0.25, 0.3) is 6.08 Å². The summed E-state index contributed by atoms with van der Waals surface area (Å²) < 4.78 is 84.1. The topological polar surface area (TPSA) is 55.8 Å². The average Bonchev–Trinajstić information content (AvgIpc) is 2.81. The molecular weight excluding hydrogens is 492 g/mol. The van der Waals surface area contributed by atoms with Crippen molar-refractivity contribution in [1.82, 2.24) is 4.90 Å². The van der Waals surface area contributed by atoms with E-state index in [4.69, 9.17) is 4.74 Å². The lowest BCUT2D eigenvalue weighted by molar-refractivity contribution is -0.201. The van der Waals surface area contributed by atoms with Crippen LogP contribution >= 0.6 is 0 Å². The first-order chi connectivity index (χ1) is 16.9. The molecular formula is C25H23F6NO4. The van der Waals surface area contributed by atoms with E-state index in [1.54, 1.807) is 18.2 Å². The normalized spacial score (nSPS) is 14.5. The minimum absolute atomic E-state index is 0.191. The van der Waals surface area contributed by atoms with Gasteiger partial charge in [0.2, 0.25) is 0 Å². The van der Waals surface area contributed by atoms with E-state index in [0.717, 1.165) is 23.3 Å². The highest BCUT2D eigenvalue weighted by molar-refractivity contribution is 5.88. The molecule has 0 fully saturated rings. The zero-order valence-electron chi connectivity index (χ0n) is 19.0. The van der Waals surface area contributed by atoms with Crippen molar-refractivity contribution in [2.45, 2.75) is 38.2 Å². The number of hydrogen-bond donors (Lipinski definition) is 0. The van der Waals surface area contributed by atoms with Gasteiger partial charge in [0.15, 0.2) is 0 Å². The van der Waals surface area contributed by atoms with Gasteiger partial charge in [0.1, 0.15) is 12.4 Å². The fraction of sp³-hybridized carbons (Fsp3) is 0.360. The molecule has 0 radical (unpaired) electrons. The first-order valence-electron chi connectivity index (χ1n) is 11.0. The molecule has 36 heavy (non-hydrogen) atoms. The van der Waals surface area contributed by atoms with Crippen LogP contribution in [0, 0.1) is 0 Å². The molecule has 0 saturated carbocycles. The number of ether oxygens (including phenoxy) is 2. The predicted molar refractivity (Wildman–Crippen MR) is 118 cm³/mol. The van der Waals surface area contributed by atoms with Gasteiger partial charge in [-0.05, 0) is 54.8 Å². The van der Waals surface area contributed by atoms with Crippen LogP contribution in [0.1, 0.15) is 35.1 Å². The van der Waals surface area contributed by atoms with Crippen LogP contribution in [0.15, 0.2) is 48.5 Å². The number of halogens is 6. The third-order valence-electron chi connectivity index (χ3n) is 5.49. The van der Waals surface area contributed by atoms with E-state index >= 15 is 0 Å². The molecule has 0 bridgehead atoms. The quantitative estimate of drug-likeness (QED) is 0.262. The second kappa shape index (κ2) is 11.6. The fourth-order valence-electron chi connectivity index (χ4n) is 3.70. The molecule has 0 amide bonds. The van der Waals surface area contributed by atoms with Gasteiger partial charge in [-0.1, -0.05) is 30.3 Å². The van der Waals surface area contributed by atoms with Crippen molar-refractivity contribution in [1.29, 1.82) is 0 Å². The second-order valence-electron chi connectivity index (χ2n) is 8.12. The summed E-state index contributed by atoms with van der Waals surface area (Å²) >= 11 is 0. The zero-order chi connectivity index (χ0) is 26.3. The van der Waals surface area contributed by atoms with Gasteiger partial charge < -0.3 is 9.47 Å². The number of carbonyl (C=O) groups excluding carboxylic acids is 2. The second-order valence-corrected chi connectivity index (χ2v) is 8.12. The van der Waals surface area contributed by atoms with E-state index in [9.17, 15) is 35.9 Å². The minimum atomic E-state index is -5.21. The molecule has 1 aliphatic heterocycles. The first kappa shape index (κ1) is 27.3. The monoisotopic (exact) mass is 515 g/mol. The molecule has 2 aromatic carbocycles. The number of esters is 2. The Balaban J connectivity index is 1.49. The highest BCUT2D eigenvalue weighted by Crippen LogP contribution is 2.30. The van der Waals surface area contributed by atoms with Crippen LogP contribution in [0.5, 0.6) is 5.75 Å². The molecule has 0 aliphatic carbocycles. The number of hydrogen-bond acceptors (Lipinski definition) is 5. The van der Waals surface area contributed by atoms with Gasteiger partial charge in [-0.25, -0.2) is 4.79 Å². The van der Waals surface area contributed by atoms with Crippen LogP contribution in [0.2, 0.25) is 0 Å². The first-order valence-corrected chi connectivity index (χ1v) is 11.0. The smallest absolute Gasteiger partial charge is 0.489 e. The Morgan fingerprint density at radius 3 is 2.39 bits per heavy atom. The summed E-state index contributed by atoms with van der Waals surface area (Å²) in [5.41, 5.74) is 1.92. The highest BCUT2D eigenvalue weighted by atomic mass is 19.4. The largest absolute Gasteiger partial charge is 0.491 e. The van der Waals surface area contributed by atoms with Crippen molar-refractivity contribution in [3.05, 3.63) is 70.8 Å². The SMILES string of the molecule is O=C(CCCN1CCc2cccc(OC/C=C/c3ccc(C(F)(F)F)cc3)c2C1)OC(=O)C(F)(F)F. The van der Waals surface area contributed by atoms with Gasteiger partial charge >= 0.3 is 24.3 Å². The van der Waals surface area contributed by atoms with Crippen LogP contribution in [-0.2, 0) is 33.5 Å². The summed E-state index contributed by atoms with van der Waals surface area (Å²) in [5, 5.41) is 0. The fourth-order valence-corrected chi connectivity index (χ4v) is 3.70. The number of rotatable bonds is 8. The van der Waals surface area contributed by atoms with Crippen molar-refractivity contribution in [3.63, 3.8) is 0 Å². The highest BCUT2D eigenvalue weighted by Gasteiger charge is 2.42.